The Hall–Kier alpha value is -2.20. The molecule has 138 valence electrons. The molecule has 0 saturated heterocycles. The third-order valence-corrected chi connectivity index (χ3v) is 5.73. The number of rotatable bonds is 3. The summed E-state index contributed by atoms with van der Waals surface area (Å²) < 4.78 is 64.7. The fourth-order valence-corrected chi connectivity index (χ4v) is 3.70. The van der Waals surface area contributed by atoms with Gasteiger partial charge < -0.3 is 4.57 Å². The minimum Gasteiger partial charge on any atom is -0.310 e. The molecule has 0 N–H and O–H groups in total. The standard InChI is InChI=1S/C15H12ClF3N4O2S/c1-3-26(24,25)11-5-9(16)7-20-12(11)14-22-10-4-8(15(17,18)19)6-21-13(10)23(14)2/h4-7H,3H2,1-2H3. The van der Waals surface area contributed by atoms with Crippen LogP contribution in [0.4, 0.5) is 13.2 Å². The first-order valence-electron chi connectivity index (χ1n) is 7.33. The van der Waals surface area contributed by atoms with Crippen molar-refractivity contribution in [1.29, 1.82) is 0 Å². The van der Waals surface area contributed by atoms with Crippen LogP contribution in [0.3, 0.4) is 0 Å². The maximum absolute atomic E-state index is 12.9. The maximum Gasteiger partial charge on any atom is 0.417 e. The largest absolute Gasteiger partial charge is 0.417 e. The Labute approximate surface area is 151 Å². The topological polar surface area (TPSA) is 77.7 Å². The van der Waals surface area contributed by atoms with E-state index in [1.807, 2.05) is 0 Å². The van der Waals surface area contributed by atoms with Crippen molar-refractivity contribution >= 4 is 32.6 Å². The van der Waals surface area contributed by atoms with E-state index in [2.05, 4.69) is 15.0 Å². The molecule has 0 aliphatic carbocycles. The molecule has 0 saturated carbocycles. The second-order valence-electron chi connectivity index (χ2n) is 5.46. The molecule has 3 aromatic heterocycles. The smallest absolute Gasteiger partial charge is 0.310 e. The van der Waals surface area contributed by atoms with E-state index < -0.39 is 21.6 Å². The minimum atomic E-state index is -4.56. The maximum atomic E-state index is 12.9. The first-order chi connectivity index (χ1) is 12.0. The van der Waals surface area contributed by atoms with Crippen LogP contribution in [0, 0.1) is 0 Å². The van der Waals surface area contributed by atoms with Crippen LogP contribution in [-0.2, 0) is 23.1 Å². The number of nitrogens with zero attached hydrogens (tertiary/aromatic N) is 4. The number of aromatic nitrogens is 4. The van der Waals surface area contributed by atoms with Crippen LogP contribution in [-0.4, -0.2) is 33.7 Å². The molecular formula is C15H12ClF3N4O2S. The summed E-state index contributed by atoms with van der Waals surface area (Å²) in [6.45, 7) is 1.46. The van der Waals surface area contributed by atoms with Gasteiger partial charge in [-0.2, -0.15) is 13.2 Å². The predicted molar refractivity (Wildman–Crippen MR) is 89.5 cm³/mol. The Kier molecular flexibility index (Phi) is 4.43. The third kappa shape index (κ3) is 3.14. The highest BCUT2D eigenvalue weighted by Crippen LogP contribution is 2.33. The Morgan fingerprint density at radius 2 is 1.88 bits per heavy atom. The monoisotopic (exact) mass is 404 g/mol. The van der Waals surface area contributed by atoms with E-state index in [-0.39, 0.29) is 38.4 Å². The van der Waals surface area contributed by atoms with Crippen LogP contribution < -0.4 is 0 Å². The normalized spacial score (nSPS) is 12.7. The number of aryl methyl sites for hydroxylation is 1. The lowest BCUT2D eigenvalue weighted by molar-refractivity contribution is -0.137. The fourth-order valence-electron chi connectivity index (χ4n) is 2.42. The second-order valence-corrected chi connectivity index (χ2v) is 8.15. The lowest BCUT2D eigenvalue weighted by Crippen LogP contribution is -2.08. The number of sulfone groups is 1. The van der Waals surface area contributed by atoms with Crippen molar-refractivity contribution in [2.75, 3.05) is 5.75 Å². The third-order valence-electron chi connectivity index (χ3n) is 3.78. The van der Waals surface area contributed by atoms with Crippen LogP contribution >= 0.6 is 11.6 Å². The van der Waals surface area contributed by atoms with Gasteiger partial charge >= 0.3 is 6.18 Å². The zero-order valence-electron chi connectivity index (χ0n) is 13.5. The molecule has 0 unspecified atom stereocenters. The van der Waals surface area contributed by atoms with Crippen LogP contribution in [0.5, 0.6) is 0 Å². The van der Waals surface area contributed by atoms with Crippen LogP contribution in [0.25, 0.3) is 22.7 Å². The van der Waals surface area contributed by atoms with E-state index in [1.165, 1.54) is 30.8 Å². The molecule has 0 aliphatic heterocycles. The van der Waals surface area contributed by atoms with Gasteiger partial charge in [0.05, 0.1) is 21.2 Å². The van der Waals surface area contributed by atoms with Gasteiger partial charge in [-0.25, -0.2) is 18.4 Å². The Morgan fingerprint density at radius 1 is 1.19 bits per heavy atom. The molecule has 26 heavy (non-hydrogen) atoms. The molecular weight excluding hydrogens is 393 g/mol. The molecule has 0 atom stereocenters. The molecule has 3 heterocycles. The number of halogens is 4. The Bertz CT molecular complexity index is 1110. The van der Waals surface area contributed by atoms with Gasteiger partial charge in [-0.15, -0.1) is 0 Å². The molecule has 0 aromatic carbocycles. The summed E-state index contributed by atoms with van der Waals surface area (Å²) in [4.78, 5) is 11.8. The van der Waals surface area contributed by atoms with Gasteiger partial charge in [-0.05, 0) is 12.1 Å². The molecule has 3 aromatic rings. The molecule has 0 bridgehead atoms. The van der Waals surface area contributed by atoms with Crippen molar-refractivity contribution in [3.8, 4) is 11.5 Å². The zero-order chi connectivity index (χ0) is 19.3. The van der Waals surface area contributed by atoms with Crippen molar-refractivity contribution in [3.63, 3.8) is 0 Å². The second kappa shape index (κ2) is 6.20. The summed E-state index contributed by atoms with van der Waals surface area (Å²) in [7, 11) is -2.17. The highest BCUT2D eigenvalue weighted by Gasteiger charge is 2.32. The molecule has 6 nitrogen and oxygen atoms in total. The van der Waals surface area contributed by atoms with E-state index >= 15 is 0 Å². The van der Waals surface area contributed by atoms with E-state index in [0.717, 1.165) is 6.07 Å². The zero-order valence-corrected chi connectivity index (χ0v) is 15.1. The molecule has 11 heteroatoms. The van der Waals surface area contributed by atoms with Crippen molar-refractivity contribution in [2.45, 2.75) is 18.0 Å². The number of imidazole rings is 1. The Balaban J connectivity index is 2.29. The van der Waals surface area contributed by atoms with Gasteiger partial charge in [-0.1, -0.05) is 18.5 Å². The van der Waals surface area contributed by atoms with E-state index in [9.17, 15) is 21.6 Å². The number of hydrogen-bond donors (Lipinski definition) is 0. The summed E-state index contributed by atoms with van der Waals surface area (Å²) in [5.41, 5.74) is -0.788. The quantitative estimate of drug-likeness (QED) is 0.667. The molecule has 0 amide bonds. The van der Waals surface area contributed by atoms with Gasteiger partial charge in [0, 0.05) is 19.4 Å². The SMILES string of the molecule is CCS(=O)(=O)c1cc(Cl)cnc1-c1nc2cc(C(F)(F)F)cnc2n1C. The molecule has 0 radical (unpaired) electrons. The van der Waals surface area contributed by atoms with Crippen LogP contribution in [0.15, 0.2) is 29.4 Å². The van der Waals surface area contributed by atoms with E-state index in [0.29, 0.717) is 6.20 Å². The van der Waals surface area contributed by atoms with Crippen molar-refractivity contribution in [3.05, 3.63) is 35.1 Å². The van der Waals surface area contributed by atoms with E-state index in [4.69, 9.17) is 11.6 Å². The van der Waals surface area contributed by atoms with Crippen LogP contribution in [0.2, 0.25) is 5.02 Å². The van der Waals surface area contributed by atoms with Gasteiger partial charge in [0.25, 0.3) is 0 Å². The lowest BCUT2D eigenvalue weighted by atomic mass is 10.2. The van der Waals surface area contributed by atoms with Gasteiger partial charge in [0.15, 0.2) is 21.3 Å². The summed E-state index contributed by atoms with van der Waals surface area (Å²) in [6, 6.07) is 2.10. The summed E-state index contributed by atoms with van der Waals surface area (Å²) in [5.74, 6) is -0.113. The highest BCUT2D eigenvalue weighted by molar-refractivity contribution is 7.91. The van der Waals surface area contributed by atoms with Gasteiger partial charge in [-0.3, -0.25) is 4.98 Å². The molecule has 3 rings (SSSR count). The lowest BCUT2D eigenvalue weighted by Gasteiger charge is -2.09. The number of hydrogen-bond acceptors (Lipinski definition) is 5. The molecule has 0 fully saturated rings. The highest BCUT2D eigenvalue weighted by atomic mass is 35.5. The average molecular weight is 405 g/mol. The first kappa shape index (κ1) is 18.6. The number of pyridine rings is 2. The van der Waals surface area contributed by atoms with Crippen molar-refractivity contribution in [2.24, 2.45) is 7.05 Å². The van der Waals surface area contributed by atoms with E-state index in [1.54, 1.807) is 0 Å². The minimum absolute atomic E-state index is 0.00492. The molecule has 0 spiro atoms. The molecule has 0 aliphatic rings. The van der Waals surface area contributed by atoms with Crippen LogP contribution in [0.1, 0.15) is 12.5 Å². The average Bonchev–Trinajstić information content (AvgIpc) is 2.90. The predicted octanol–water partition coefficient (Wildman–Crippen LogP) is 3.50. The summed E-state index contributed by atoms with van der Waals surface area (Å²) >= 11 is 5.87. The fraction of sp³-hybridized carbons (Fsp3) is 0.267. The number of alkyl halides is 3. The summed E-state index contributed by atoms with van der Waals surface area (Å²) in [5, 5.41) is 0.122. The summed E-state index contributed by atoms with van der Waals surface area (Å²) in [6.07, 6.45) is -2.61. The van der Waals surface area contributed by atoms with Gasteiger partial charge in [0.1, 0.15) is 11.2 Å². The van der Waals surface area contributed by atoms with Crippen molar-refractivity contribution < 1.29 is 21.6 Å². The first-order valence-corrected chi connectivity index (χ1v) is 9.36. The Morgan fingerprint density at radius 3 is 2.50 bits per heavy atom. The van der Waals surface area contributed by atoms with Crippen molar-refractivity contribution in [1.82, 2.24) is 19.5 Å². The van der Waals surface area contributed by atoms with Gasteiger partial charge in [0.2, 0.25) is 0 Å². The number of fused-ring (bicyclic) bond motifs is 1.